The molecule has 0 bridgehead atoms. The number of hydrogen-bond acceptors (Lipinski definition) is 1. The number of benzene rings is 1. The van der Waals surface area contributed by atoms with Crippen LogP contribution in [0.3, 0.4) is 0 Å². The SMILES string of the molecule is O=C1C(c2ccccc2)CCN1[SeH]. The zero-order valence-corrected chi connectivity index (χ0v) is 9.06. The first-order valence-corrected chi connectivity index (χ1v) is 5.18. The van der Waals surface area contributed by atoms with Gasteiger partial charge in [0.15, 0.2) is 0 Å². The normalized spacial score (nSPS) is 22.4. The molecule has 0 radical (unpaired) electrons. The number of carbonyl (C=O) groups is 1. The molecule has 0 saturated carbocycles. The van der Waals surface area contributed by atoms with E-state index in [0.29, 0.717) is 0 Å². The number of carbonyl (C=O) groups excluding carboxylic acids is 1. The van der Waals surface area contributed by atoms with E-state index in [2.05, 4.69) is 16.2 Å². The second kappa shape index (κ2) is 3.52. The molecule has 0 aromatic heterocycles. The fourth-order valence-electron chi connectivity index (χ4n) is 1.66. The molecule has 1 unspecified atom stereocenters. The predicted molar refractivity (Wildman–Crippen MR) is 52.7 cm³/mol. The van der Waals surface area contributed by atoms with Gasteiger partial charge in [-0.2, -0.15) is 0 Å². The minimum atomic E-state index is 0.0873. The van der Waals surface area contributed by atoms with Crippen LogP contribution in [-0.2, 0) is 4.79 Å². The third-order valence-electron chi connectivity index (χ3n) is 2.38. The van der Waals surface area contributed by atoms with Crippen LogP contribution in [0.5, 0.6) is 0 Å². The van der Waals surface area contributed by atoms with E-state index in [-0.39, 0.29) is 11.8 Å². The van der Waals surface area contributed by atoms with Gasteiger partial charge in [-0.1, -0.05) is 0 Å². The minimum absolute atomic E-state index is 0.0873. The molecule has 1 atom stereocenters. The van der Waals surface area contributed by atoms with Gasteiger partial charge >= 0.3 is 85.6 Å². The molecule has 1 aromatic carbocycles. The van der Waals surface area contributed by atoms with Crippen molar-refractivity contribution >= 4 is 22.1 Å². The van der Waals surface area contributed by atoms with Crippen molar-refractivity contribution in [1.82, 2.24) is 3.92 Å². The van der Waals surface area contributed by atoms with Gasteiger partial charge in [0.05, 0.1) is 0 Å². The summed E-state index contributed by atoms with van der Waals surface area (Å²) < 4.78 is 1.74. The van der Waals surface area contributed by atoms with E-state index in [0.717, 1.165) is 18.5 Å². The van der Waals surface area contributed by atoms with Crippen molar-refractivity contribution in [3.8, 4) is 0 Å². The Balaban J connectivity index is 2.24. The molecule has 1 fully saturated rings. The molecule has 1 heterocycles. The van der Waals surface area contributed by atoms with E-state index in [9.17, 15) is 4.79 Å². The van der Waals surface area contributed by atoms with Crippen LogP contribution >= 0.6 is 0 Å². The number of nitrogens with zero attached hydrogens (tertiary/aromatic N) is 1. The Bertz CT molecular complexity index is 312. The Morgan fingerprint density at radius 2 is 2.00 bits per heavy atom. The van der Waals surface area contributed by atoms with Crippen molar-refractivity contribution in [3.05, 3.63) is 35.9 Å². The fourth-order valence-corrected chi connectivity index (χ4v) is 2.19. The number of rotatable bonds is 1. The molecule has 0 spiro atoms. The summed E-state index contributed by atoms with van der Waals surface area (Å²) in [6.45, 7) is 0.860. The maximum absolute atomic E-state index is 11.6. The summed E-state index contributed by atoms with van der Waals surface area (Å²) >= 11 is 2.32. The van der Waals surface area contributed by atoms with E-state index < -0.39 is 0 Å². The van der Waals surface area contributed by atoms with Gasteiger partial charge in [0, 0.05) is 0 Å². The Morgan fingerprint density at radius 3 is 2.54 bits per heavy atom. The maximum atomic E-state index is 11.6. The molecular weight excluding hydrogens is 229 g/mol. The molecular formula is C10H11NOSe. The van der Waals surface area contributed by atoms with Crippen LogP contribution in [0.15, 0.2) is 30.3 Å². The topological polar surface area (TPSA) is 20.3 Å². The zero-order chi connectivity index (χ0) is 9.26. The molecule has 1 aliphatic rings. The number of amides is 1. The molecule has 0 N–H and O–H groups in total. The van der Waals surface area contributed by atoms with Crippen molar-refractivity contribution in [2.45, 2.75) is 12.3 Å². The van der Waals surface area contributed by atoms with Crippen LogP contribution in [0.2, 0.25) is 0 Å². The molecule has 3 heteroatoms. The summed E-state index contributed by atoms with van der Waals surface area (Å²) in [5, 5.41) is 0. The van der Waals surface area contributed by atoms with Gasteiger partial charge in [-0.3, -0.25) is 0 Å². The van der Waals surface area contributed by atoms with Crippen LogP contribution in [0.4, 0.5) is 0 Å². The third-order valence-corrected chi connectivity index (χ3v) is 3.22. The molecule has 68 valence electrons. The van der Waals surface area contributed by atoms with Crippen molar-refractivity contribution in [2.24, 2.45) is 0 Å². The summed E-state index contributed by atoms with van der Waals surface area (Å²) in [5.74, 6) is 0.315. The van der Waals surface area contributed by atoms with Crippen molar-refractivity contribution in [2.75, 3.05) is 6.54 Å². The summed E-state index contributed by atoms with van der Waals surface area (Å²) in [4.78, 5) is 11.6. The van der Waals surface area contributed by atoms with Gasteiger partial charge in [0.1, 0.15) is 0 Å². The average molecular weight is 240 g/mol. The number of hydrogen-bond donors (Lipinski definition) is 0. The Morgan fingerprint density at radius 1 is 1.31 bits per heavy atom. The van der Waals surface area contributed by atoms with Crippen LogP contribution in [0, 0.1) is 0 Å². The van der Waals surface area contributed by atoms with Gasteiger partial charge < -0.3 is 0 Å². The van der Waals surface area contributed by atoms with E-state index in [1.54, 1.807) is 3.92 Å². The standard InChI is InChI=1S/C10H11NOSe/c12-10-9(6-7-11(10)13)8-4-2-1-3-5-8/h1-5,9,13H,6-7H2. The molecule has 2 nitrogen and oxygen atoms in total. The molecule has 0 aliphatic carbocycles. The first-order valence-electron chi connectivity index (χ1n) is 4.34. The molecule has 1 aromatic rings. The van der Waals surface area contributed by atoms with Crippen molar-refractivity contribution in [3.63, 3.8) is 0 Å². The van der Waals surface area contributed by atoms with Gasteiger partial charge in [-0.05, 0) is 0 Å². The molecule has 1 aliphatic heterocycles. The van der Waals surface area contributed by atoms with E-state index in [1.807, 2.05) is 30.3 Å². The fraction of sp³-hybridized carbons (Fsp3) is 0.300. The van der Waals surface area contributed by atoms with Gasteiger partial charge in [-0.15, -0.1) is 0 Å². The first-order chi connectivity index (χ1) is 6.29. The van der Waals surface area contributed by atoms with Crippen LogP contribution < -0.4 is 0 Å². The summed E-state index contributed by atoms with van der Waals surface area (Å²) in [6, 6.07) is 9.98. The van der Waals surface area contributed by atoms with Crippen LogP contribution in [0.25, 0.3) is 0 Å². The molecule has 13 heavy (non-hydrogen) atoms. The molecule has 2 rings (SSSR count). The van der Waals surface area contributed by atoms with Gasteiger partial charge in [-0.25, -0.2) is 0 Å². The Labute approximate surface area is 86.0 Å². The van der Waals surface area contributed by atoms with Gasteiger partial charge in [0.2, 0.25) is 0 Å². The third kappa shape index (κ3) is 1.62. The molecule has 1 saturated heterocycles. The summed E-state index contributed by atoms with van der Waals surface area (Å²) in [7, 11) is 0. The van der Waals surface area contributed by atoms with E-state index in [4.69, 9.17) is 0 Å². The zero-order valence-electron chi connectivity index (χ0n) is 7.18. The molecule has 1 amide bonds. The van der Waals surface area contributed by atoms with Gasteiger partial charge in [0.25, 0.3) is 0 Å². The van der Waals surface area contributed by atoms with E-state index >= 15 is 0 Å². The summed E-state index contributed by atoms with van der Waals surface area (Å²) in [5.41, 5.74) is 1.14. The van der Waals surface area contributed by atoms with Crippen molar-refractivity contribution < 1.29 is 4.79 Å². The summed E-state index contributed by atoms with van der Waals surface area (Å²) in [6.07, 6.45) is 0.942. The Kier molecular flexibility index (Phi) is 2.38. The quantitative estimate of drug-likeness (QED) is 0.665. The second-order valence-electron chi connectivity index (χ2n) is 3.21. The average Bonchev–Trinajstić information content (AvgIpc) is 2.49. The first kappa shape index (κ1) is 8.79. The predicted octanol–water partition coefficient (Wildman–Crippen LogP) is 0.818. The second-order valence-corrected chi connectivity index (χ2v) is 4.23. The van der Waals surface area contributed by atoms with Crippen LogP contribution in [-0.4, -0.2) is 32.6 Å². The van der Waals surface area contributed by atoms with E-state index in [1.165, 1.54) is 0 Å². The monoisotopic (exact) mass is 241 g/mol. The van der Waals surface area contributed by atoms with Crippen molar-refractivity contribution in [1.29, 1.82) is 0 Å². The van der Waals surface area contributed by atoms with Crippen LogP contribution in [0.1, 0.15) is 17.9 Å². The Hall–Kier alpha value is -0.791.